The summed E-state index contributed by atoms with van der Waals surface area (Å²) < 4.78 is 0. The first-order valence-corrected chi connectivity index (χ1v) is 7.27. The zero-order valence-electron chi connectivity index (χ0n) is 13.0. The third-order valence-electron chi connectivity index (χ3n) is 2.78. The second kappa shape index (κ2) is 7.43. The number of nitrogens with one attached hydrogen (secondary N) is 1. The van der Waals surface area contributed by atoms with E-state index in [0.29, 0.717) is 0 Å². The van der Waals surface area contributed by atoms with Crippen molar-refractivity contribution >= 4 is 5.82 Å². The second-order valence-corrected chi connectivity index (χ2v) is 5.96. The molecule has 1 aromatic heterocycles. The highest BCUT2D eigenvalue weighted by molar-refractivity contribution is 5.36. The van der Waals surface area contributed by atoms with Crippen molar-refractivity contribution in [3.8, 4) is 0 Å². The zero-order chi connectivity index (χ0) is 14.3. The van der Waals surface area contributed by atoms with E-state index in [1.54, 1.807) is 0 Å². The largest absolute Gasteiger partial charge is 0.355 e. The van der Waals surface area contributed by atoms with Gasteiger partial charge in [0.1, 0.15) is 5.82 Å². The third-order valence-corrected chi connectivity index (χ3v) is 2.78. The van der Waals surface area contributed by atoms with Gasteiger partial charge < -0.3 is 10.2 Å². The topological polar surface area (TPSA) is 41.1 Å². The lowest BCUT2D eigenvalue weighted by molar-refractivity contribution is 0.421. The minimum Gasteiger partial charge on any atom is -0.355 e. The van der Waals surface area contributed by atoms with Crippen molar-refractivity contribution in [1.29, 1.82) is 0 Å². The monoisotopic (exact) mass is 264 g/mol. The van der Waals surface area contributed by atoms with Crippen LogP contribution in [-0.4, -0.2) is 28.6 Å². The molecule has 4 nitrogen and oxygen atoms in total. The van der Waals surface area contributed by atoms with Crippen LogP contribution in [0.1, 0.15) is 53.2 Å². The lowest BCUT2D eigenvalue weighted by Gasteiger charge is -2.23. The summed E-state index contributed by atoms with van der Waals surface area (Å²) in [5.74, 6) is 0.997. The fraction of sp³-hybridized carbons (Fsp3) is 0.733. The summed E-state index contributed by atoms with van der Waals surface area (Å²) in [6.07, 6.45) is 5.97. The highest BCUT2D eigenvalue weighted by atomic mass is 15.2. The molecule has 0 aliphatic rings. The highest BCUT2D eigenvalue weighted by Gasteiger charge is 2.11. The van der Waals surface area contributed by atoms with Gasteiger partial charge in [0.25, 0.3) is 0 Å². The number of aromatic nitrogens is 2. The number of hydrogen-bond donors (Lipinski definition) is 1. The molecular formula is C15H28N4. The summed E-state index contributed by atoms with van der Waals surface area (Å²) in [7, 11) is 0. The minimum absolute atomic E-state index is 0.101. The molecule has 0 fully saturated rings. The normalized spacial score (nSPS) is 11.6. The molecule has 0 aromatic carbocycles. The lowest BCUT2D eigenvalue weighted by atomic mass is 10.1. The van der Waals surface area contributed by atoms with Gasteiger partial charge in [0.05, 0.1) is 11.9 Å². The van der Waals surface area contributed by atoms with Crippen molar-refractivity contribution in [3.63, 3.8) is 0 Å². The first-order chi connectivity index (χ1) is 8.96. The van der Waals surface area contributed by atoms with E-state index in [1.807, 2.05) is 12.4 Å². The van der Waals surface area contributed by atoms with E-state index in [9.17, 15) is 0 Å². The van der Waals surface area contributed by atoms with Gasteiger partial charge in [-0.05, 0) is 33.6 Å². The minimum atomic E-state index is 0.101. The van der Waals surface area contributed by atoms with E-state index in [4.69, 9.17) is 4.98 Å². The molecule has 19 heavy (non-hydrogen) atoms. The predicted molar refractivity (Wildman–Crippen MR) is 81.4 cm³/mol. The summed E-state index contributed by atoms with van der Waals surface area (Å²) in [5, 5.41) is 3.45. The quantitative estimate of drug-likeness (QED) is 0.822. The van der Waals surface area contributed by atoms with Gasteiger partial charge in [-0.3, -0.25) is 4.98 Å². The molecule has 1 N–H and O–H groups in total. The van der Waals surface area contributed by atoms with Crippen LogP contribution in [0.3, 0.4) is 0 Å². The Labute approximate surface area is 117 Å². The molecule has 0 spiro atoms. The molecule has 1 aromatic rings. The zero-order valence-corrected chi connectivity index (χ0v) is 13.0. The Morgan fingerprint density at radius 2 is 1.74 bits per heavy atom. The molecule has 0 atom stereocenters. The molecule has 0 bridgehead atoms. The number of rotatable bonds is 7. The van der Waals surface area contributed by atoms with Crippen molar-refractivity contribution in [2.24, 2.45) is 0 Å². The Morgan fingerprint density at radius 1 is 1.11 bits per heavy atom. The van der Waals surface area contributed by atoms with Crippen molar-refractivity contribution in [1.82, 2.24) is 15.3 Å². The van der Waals surface area contributed by atoms with Gasteiger partial charge in [-0.2, -0.15) is 0 Å². The fourth-order valence-corrected chi connectivity index (χ4v) is 1.87. The standard InChI is InChI=1S/C15H28N4/c1-6-8-19(9-7-2)14-12-16-10-13(18-14)11-17-15(3,4)5/h10,12,17H,6-9,11H2,1-5H3. The number of anilines is 1. The SMILES string of the molecule is CCCN(CCC)c1cncc(CNC(C)(C)C)n1. The Morgan fingerprint density at radius 3 is 2.26 bits per heavy atom. The van der Waals surface area contributed by atoms with E-state index >= 15 is 0 Å². The van der Waals surface area contributed by atoms with E-state index in [2.05, 4.69) is 49.8 Å². The number of nitrogens with zero attached hydrogens (tertiary/aromatic N) is 3. The molecule has 0 radical (unpaired) electrons. The van der Waals surface area contributed by atoms with E-state index < -0.39 is 0 Å². The Balaban J connectivity index is 2.74. The number of hydrogen-bond acceptors (Lipinski definition) is 4. The molecule has 0 unspecified atom stereocenters. The van der Waals surface area contributed by atoms with Gasteiger partial charge in [0, 0.05) is 31.4 Å². The van der Waals surface area contributed by atoms with Crippen molar-refractivity contribution in [2.45, 2.75) is 59.5 Å². The van der Waals surface area contributed by atoms with E-state index in [-0.39, 0.29) is 5.54 Å². The van der Waals surface area contributed by atoms with Crippen LogP contribution in [-0.2, 0) is 6.54 Å². The van der Waals surface area contributed by atoms with Gasteiger partial charge >= 0.3 is 0 Å². The van der Waals surface area contributed by atoms with Gasteiger partial charge in [-0.1, -0.05) is 13.8 Å². The van der Waals surface area contributed by atoms with Crippen LogP contribution >= 0.6 is 0 Å². The molecular weight excluding hydrogens is 236 g/mol. The molecule has 0 aliphatic carbocycles. The molecule has 1 rings (SSSR count). The first kappa shape index (κ1) is 15.9. The van der Waals surface area contributed by atoms with Crippen molar-refractivity contribution < 1.29 is 0 Å². The summed E-state index contributed by atoms with van der Waals surface area (Å²) in [6.45, 7) is 13.7. The predicted octanol–water partition coefficient (Wildman–Crippen LogP) is 2.99. The van der Waals surface area contributed by atoms with Crippen LogP contribution in [0.5, 0.6) is 0 Å². The lowest BCUT2D eigenvalue weighted by Crippen LogP contribution is -2.35. The van der Waals surface area contributed by atoms with Crippen LogP contribution in [0.15, 0.2) is 12.4 Å². The average Bonchev–Trinajstić information content (AvgIpc) is 2.36. The summed E-state index contributed by atoms with van der Waals surface area (Å²) in [4.78, 5) is 11.4. The van der Waals surface area contributed by atoms with E-state index in [1.165, 1.54) is 0 Å². The fourth-order valence-electron chi connectivity index (χ4n) is 1.87. The summed E-state index contributed by atoms with van der Waals surface area (Å²) in [5.41, 5.74) is 1.11. The van der Waals surface area contributed by atoms with Crippen LogP contribution in [0.4, 0.5) is 5.82 Å². The molecule has 0 aliphatic heterocycles. The maximum Gasteiger partial charge on any atom is 0.147 e. The van der Waals surface area contributed by atoms with Gasteiger partial charge in [-0.15, -0.1) is 0 Å². The summed E-state index contributed by atoms with van der Waals surface area (Å²) >= 11 is 0. The van der Waals surface area contributed by atoms with Crippen LogP contribution in [0, 0.1) is 0 Å². The molecule has 4 heteroatoms. The van der Waals surface area contributed by atoms with Crippen LogP contribution in [0.25, 0.3) is 0 Å². The smallest absolute Gasteiger partial charge is 0.147 e. The van der Waals surface area contributed by atoms with Crippen molar-refractivity contribution in [2.75, 3.05) is 18.0 Å². The average molecular weight is 264 g/mol. The van der Waals surface area contributed by atoms with Crippen LogP contribution in [0.2, 0.25) is 0 Å². The van der Waals surface area contributed by atoms with Gasteiger partial charge in [-0.25, -0.2) is 4.98 Å². The molecule has 108 valence electrons. The molecule has 1 heterocycles. The Kier molecular flexibility index (Phi) is 6.22. The van der Waals surface area contributed by atoms with Gasteiger partial charge in [0.15, 0.2) is 0 Å². The maximum absolute atomic E-state index is 4.71. The Hall–Kier alpha value is -1.16. The van der Waals surface area contributed by atoms with Gasteiger partial charge in [0.2, 0.25) is 0 Å². The second-order valence-electron chi connectivity index (χ2n) is 5.96. The third kappa shape index (κ3) is 6.01. The molecule has 0 amide bonds. The summed E-state index contributed by atoms with van der Waals surface area (Å²) in [6, 6.07) is 0. The highest BCUT2D eigenvalue weighted by Crippen LogP contribution is 2.11. The van der Waals surface area contributed by atoms with Crippen molar-refractivity contribution in [3.05, 3.63) is 18.1 Å². The van der Waals surface area contributed by atoms with E-state index in [0.717, 1.165) is 44.0 Å². The Bertz CT molecular complexity index is 365. The molecule has 0 saturated heterocycles. The molecule has 0 saturated carbocycles. The van der Waals surface area contributed by atoms with Crippen LogP contribution < -0.4 is 10.2 Å². The first-order valence-electron chi connectivity index (χ1n) is 7.27. The maximum atomic E-state index is 4.71.